The Kier molecular flexibility index (Phi) is 3.57. The van der Waals surface area contributed by atoms with Crippen LogP contribution in [0.4, 0.5) is 10.3 Å². The van der Waals surface area contributed by atoms with Crippen molar-refractivity contribution >= 4 is 15.8 Å². The molecule has 1 unspecified atom stereocenters. The van der Waals surface area contributed by atoms with Crippen molar-refractivity contribution in [3.8, 4) is 0 Å². The Hall–Kier alpha value is -1.24. The molecule has 1 rings (SSSR count). The maximum absolute atomic E-state index is 12.4. The van der Waals surface area contributed by atoms with Crippen molar-refractivity contribution < 1.29 is 12.8 Å². The third-order valence-corrected chi connectivity index (χ3v) is 2.65. The smallest absolute Gasteiger partial charge is 0.223 e. The Morgan fingerprint density at radius 1 is 1.47 bits per heavy atom. The molecule has 5 nitrogen and oxygen atoms in total. The lowest BCUT2D eigenvalue weighted by atomic mass is 10.4. The van der Waals surface area contributed by atoms with E-state index in [1.807, 2.05) is 0 Å². The number of aromatic nitrogens is 2. The molecule has 7 heteroatoms. The molecule has 1 atom stereocenters. The number of hydrogen-bond acceptors (Lipinski definition) is 5. The third kappa shape index (κ3) is 4.68. The van der Waals surface area contributed by atoms with Crippen LogP contribution in [0.3, 0.4) is 0 Å². The standard InChI is InChI=1S/C8H12FN3O2S/c1-6(5-15(2,13)14)12-8-10-3-7(9)4-11-8/h3-4,6H,5H2,1-2H3,(H,10,11,12). The topological polar surface area (TPSA) is 72.0 Å². The second kappa shape index (κ2) is 4.52. The summed E-state index contributed by atoms with van der Waals surface area (Å²) in [5.74, 6) is -0.336. The van der Waals surface area contributed by atoms with Gasteiger partial charge in [-0.1, -0.05) is 0 Å². The zero-order chi connectivity index (χ0) is 11.5. The first-order valence-corrected chi connectivity index (χ1v) is 6.34. The van der Waals surface area contributed by atoms with Crippen LogP contribution in [0.5, 0.6) is 0 Å². The van der Waals surface area contributed by atoms with Crippen molar-refractivity contribution in [3.05, 3.63) is 18.2 Å². The summed E-state index contributed by atoms with van der Waals surface area (Å²) in [6.45, 7) is 1.69. The maximum Gasteiger partial charge on any atom is 0.223 e. The van der Waals surface area contributed by atoms with Gasteiger partial charge >= 0.3 is 0 Å². The lowest BCUT2D eigenvalue weighted by molar-refractivity contribution is 0.597. The van der Waals surface area contributed by atoms with Gasteiger partial charge in [0.15, 0.2) is 5.82 Å². The Morgan fingerprint density at radius 2 is 2.00 bits per heavy atom. The van der Waals surface area contributed by atoms with Crippen LogP contribution < -0.4 is 5.32 Å². The maximum atomic E-state index is 12.4. The zero-order valence-corrected chi connectivity index (χ0v) is 9.25. The molecule has 0 aliphatic heterocycles. The molecule has 1 heterocycles. The second-order valence-electron chi connectivity index (χ2n) is 3.36. The molecule has 0 aromatic carbocycles. The second-order valence-corrected chi connectivity index (χ2v) is 5.55. The molecule has 0 spiro atoms. The van der Waals surface area contributed by atoms with E-state index in [9.17, 15) is 12.8 Å². The number of sulfone groups is 1. The number of nitrogens with zero attached hydrogens (tertiary/aromatic N) is 2. The Balaban J connectivity index is 2.59. The molecule has 84 valence electrons. The van der Waals surface area contributed by atoms with Crippen LogP contribution >= 0.6 is 0 Å². The van der Waals surface area contributed by atoms with Crippen molar-refractivity contribution in [2.75, 3.05) is 17.3 Å². The predicted molar refractivity (Wildman–Crippen MR) is 54.8 cm³/mol. The van der Waals surface area contributed by atoms with Gasteiger partial charge in [0.1, 0.15) is 9.84 Å². The van der Waals surface area contributed by atoms with Crippen LogP contribution in [0.25, 0.3) is 0 Å². The Labute approximate surface area is 87.7 Å². The first-order valence-electron chi connectivity index (χ1n) is 4.28. The fourth-order valence-corrected chi connectivity index (χ4v) is 2.09. The zero-order valence-electron chi connectivity index (χ0n) is 8.44. The van der Waals surface area contributed by atoms with Crippen molar-refractivity contribution in [2.45, 2.75) is 13.0 Å². The van der Waals surface area contributed by atoms with Crippen molar-refractivity contribution in [3.63, 3.8) is 0 Å². The molecule has 0 amide bonds. The highest BCUT2D eigenvalue weighted by atomic mass is 32.2. The number of hydrogen-bond donors (Lipinski definition) is 1. The summed E-state index contributed by atoms with van der Waals surface area (Å²) in [5.41, 5.74) is 0. The van der Waals surface area contributed by atoms with Gasteiger partial charge in [0.25, 0.3) is 0 Å². The minimum Gasteiger partial charge on any atom is -0.351 e. The molecule has 1 N–H and O–H groups in total. The fourth-order valence-electron chi connectivity index (χ4n) is 1.10. The number of anilines is 1. The summed E-state index contributed by atoms with van der Waals surface area (Å²) in [7, 11) is -3.04. The SMILES string of the molecule is CC(CS(C)(=O)=O)Nc1ncc(F)cn1. The van der Waals surface area contributed by atoms with E-state index < -0.39 is 15.7 Å². The van der Waals surface area contributed by atoms with Gasteiger partial charge in [0.2, 0.25) is 5.95 Å². The molecular weight excluding hydrogens is 221 g/mol. The lowest BCUT2D eigenvalue weighted by Crippen LogP contribution is -2.25. The molecule has 1 aromatic rings. The molecule has 0 aliphatic rings. The highest BCUT2D eigenvalue weighted by Gasteiger charge is 2.11. The van der Waals surface area contributed by atoms with Crippen LogP contribution in [0.1, 0.15) is 6.92 Å². The summed E-state index contributed by atoms with van der Waals surface area (Å²) in [4.78, 5) is 7.31. The minimum atomic E-state index is -3.04. The van der Waals surface area contributed by atoms with Crippen LogP contribution in [0.2, 0.25) is 0 Å². The first-order chi connectivity index (χ1) is 6.87. The van der Waals surface area contributed by atoms with Gasteiger partial charge in [0, 0.05) is 12.3 Å². The van der Waals surface area contributed by atoms with Gasteiger partial charge in [0.05, 0.1) is 18.1 Å². The van der Waals surface area contributed by atoms with Gasteiger partial charge in [-0.3, -0.25) is 0 Å². The van der Waals surface area contributed by atoms with Crippen molar-refractivity contribution in [2.24, 2.45) is 0 Å². The number of rotatable bonds is 4. The molecule has 0 bridgehead atoms. The average molecular weight is 233 g/mol. The van der Waals surface area contributed by atoms with Crippen LogP contribution in [0.15, 0.2) is 12.4 Å². The number of halogens is 1. The molecule has 15 heavy (non-hydrogen) atoms. The molecule has 0 saturated carbocycles. The van der Waals surface area contributed by atoms with Gasteiger partial charge in [-0.15, -0.1) is 0 Å². The van der Waals surface area contributed by atoms with E-state index in [0.717, 1.165) is 18.6 Å². The molecule has 0 radical (unpaired) electrons. The molecule has 0 saturated heterocycles. The fraction of sp³-hybridized carbons (Fsp3) is 0.500. The third-order valence-electron chi connectivity index (χ3n) is 1.55. The first kappa shape index (κ1) is 11.8. The van der Waals surface area contributed by atoms with E-state index >= 15 is 0 Å². The van der Waals surface area contributed by atoms with E-state index in [2.05, 4.69) is 15.3 Å². The predicted octanol–water partition coefficient (Wildman–Crippen LogP) is 0.461. The average Bonchev–Trinajstić information content (AvgIpc) is 2.05. The Bertz CT molecular complexity index is 418. The molecular formula is C8H12FN3O2S. The molecule has 1 aromatic heterocycles. The molecule has 0 aliphatic carbocycles. The summed E-state index contributed by atoms with van der Waals surface area (Å²) in [6, 6.07) is -0.314. The summed E-state index contributed by atoms with van der Waals surface area (Å²) in [6.07, 6.45) is 3.18. The van der Waals surface area contributed by atoms with Crippen LogP contribution in [0, 0.1) is 5.82 Å². The van der Waals surface area contributed by atoms with E-state index in [0.29, 0.717) is 0 Å². The van der Waals surface area contributed by atoms with Gasteiger partial charge < -0.3 is 5.32 Å². The number of nitrogens with one attached hydrogen (secondary N) is 1. The Morgan fingerprint density at radius 3 is 2.47 bits per heavy atom. The van der Waals surface area contributed by atoms with Crippen LogP contribution in [-0.2, 0) is 9.84 Å². The van der Waals surface area contributed by atoms with Gasteiger partial charge in [-0.05, 0) is 6.92 Å². The van der Waals surface area contributed by atoms with Crippen molar-refractivity contribution in [1.29, 1.82) is 0 Å². The highest BCUT2D eigenvalue weighted by molar-refractivity contribution is 7.90. The van der Waals surface area contributed by atoms with Gasteiger partial charge in [-0.2, -0.15) is 0 Å². The van der Waals surface area contributed by atoms with E-state index in [-0.39, 0.29) is 17.7 Å². The van der Waals surface area contributed by atoms with E-state index in [4.69, 9.17) is 0 Å². The largest absolute Gasteiger partial charge is 0.351 e. The highest BCUT2D eigenvalue weighted by Crippen LogP contribution is 2.02. The monoisotopic (exact) mass is 233 g/mol. The summed E-state index contributed by atoms with van der Waals surface area (Å²) < 4.78 is 34.3. The molecule has 0 fully saturated rings. The summed E-state index contributed by atoms with van der Waals surface area (Å²) in [5, 5.41) is 2.76. The van der Waals surface area contributed by atoms with Crippen LogP contribution in [-0.4, -0.2) is 36.4 Å². The van der Waals surface area contributed by atoms with Gasteiger partial charge in [-0.25, -0.2) is 22.8 Å². The van der Waals surface area contributed by atoms with Crippen molar-refractivity contribution in [1.82, 2.24) is 9.97 Å². The van der Waals surface area contributed by atoms with E-state index in [1.165, 1.54) is 0 Å². The van der Waals surface area contributed by atoms with E-state index in [1.54, 1.807) is 6.92 Å². The minimum absolute atomic E-state index is 0.0201. The summed E-state index contributed by atoms with van der Waals surface area (Å²) >= 11 is 0. The lowest BCUT2D eigenvalue weighted by Gasteiger charge is -2.11. The normalized spacial score (nSPS) is 13.5. The quantitative estimate of drug-likeness (QED) is 0.818.